The zero-order valence-electron chi connectivity index (χ0n) is 39.4. The van der Waals surface area contributed by atoms with Crippen LogP contribution in [-0.2, 0) is 18.9 Å². The molecule has 0 saturated carbocycles. The Morgan fingerprint density at radius 1 is 0.609 bits per heavy atom. The Morgan fingerprint density at radius 3 is 1.48 bits per heavy atom. The molecule has 64 heavy (non-hydrogen) atoms. The van der Waals surface area contributed by atoms with Crippen LogP contribution in [0.1, 0.15) is 113 Å². The van der Waals surface area contributed by atoms with Crippen LogP contribution in [0, 0.1) is 6.92 Å². The number of carbonyl (C=O) groups excluding carboxylic acids is 4. The largest absolute Gasteiger partial charge is 0.444 e. The summed E-state index contributed by atoms with van der Waals surface area (Å²) in [5, 5.41) is 14.2. The predicted octanol–water partition coefficient (Wildman–Crippen LogP) is 9.05. The molecule has 1 aromatic heterocycles. The summed E-state index contributed by atoms with van der Waals surface area (Å²) in [4.78, 5) is 62.4. The highest BCUT2D eigenvalue weighted by molar-refractivity contribution is 6.00. The Hall–Kier alpha value is -6.52. The third kappa shape index (κ3) is 14.8. The van der Waals surface area contributed by atoms with Crippen molar-refractivity contribution in [1.82, 2.24) is 35.4 Å². The molecular weight excluding hydrogens is 819 g/mol. The first-order valence-electron chi connectivity index (χ1n) is 21.4. The van der Waals surface area contributed by atoms with Crippen LogP contribution in [-0.4, -0.2) is 110 Å². The molecule has 0 saturated heterocycles. The molecule has 2 aromatic carbocycles. The van der Waals surface area contributed by atoms with Gasteiger partial charge in [0.15, 0.2) is 0 Å². The van der Waals surface area contributed by atoms with E-state index in [1.54, 1.807) is 97.6 Å². The summed E-state index contributed by atoms with van der Waals surface area (Å²) in [5.41, 5.74) is 4.92. The number of ether oxygens (including phenoxy) is 4. The van der Waals surface area contributed by atoms with E-state index in [1.165, 1.54) is 0 Å². The lowest BCUT2D eigenvalue weighted by atomic mass is 9.95. The third-order valence-corrected chi connectivity index (χ3v) is 9.29. The number of amides is 4. The molecule has 3 heterocycles. The van der Waals surface area contributed by atoms with Crippen LogP contribution in [0.4, 0.5) is 19.2 Å². The van der Waals surface area contributed by atoms with Crippen molar-refractivity contribution in [3.8, 4) is 16.9 Å². The lowest BCUT2D eigenvalue weighted by molar-refractivity contribution is 0.0536. The Balaban J connectivity index is 1.24. The van der Waals surface area contributed by atoms with Crippen molar-refractivity contribution in [2.75, 3.05) is 26.2 Å². The van der Waals surface area contributed by atoms with E-state index in [-0.39, 0.29) is 11.9 Å². The van der Waals surface area contributed by atoms with E-state index in [0.29, 0.717) is 44.7 Å². The van der Waals surface area contributed by atoms with Crippen LogP contribution >= 0.6 is 0 Å². The van der Waals surface area contributed by atoms with Gasteiger partial charge in [0, 0.05) is 31.7 Å². The Bertz CT molecular complexity index is 2330. The van der Waals surface area contributed by atoms with E-state index in [9.17, 15) is 19.2 Å². The van der Waals surface area contributed by atoms with Gasteiger partial charge in [-0.1, -0.05) is 47.7 Å². The minimum atomic E-state index is -0.810. The van der Waals surface area contributed by atoms with Crippen LogP contribution in [0.2, 0.25) is 0 Å². The maximum Gasteiger partial charge on any atom is 0.437 e. The average Bonchev–Trinajstić information content (AvgIpc) is 3.65. The number of guanidine groups is 2. The summed E-state index contributed by atoms with van der Waals surface area (Å²) >= 11 is 0. The maximum absolute atomic E-state index is 12.7. The standard InChI is InChI=1S/C47H63N9O8/c1-30-28-35(18-19-36(30)33-22-26-55(27-23-33)39(50-42(59)63-46(8,9)10)51-43(60)64-47(11,12)13)56-29-37(52-53-56)34-16-14-31(15-17-34)32-20-24-54(25-21-32)38(48-40(57)61-44(2,3)4)49-41(58)62-45(5,6)7/h14-20,22,28-29H,21,23-27H2,1-13H3,(H,48,49,57,58)(H,50,51,59,60). The predicted molar refractivity (Wildman–Crippen MR) is 246 cm³/mol. The van der Waals surface area contributed by atoms with Gasteiger partial charge in [0.2, 0.25) is 11.9 Å². The Kier molecular flexibility index (Phi) is 14.8. The van der Waals surface area contributed by atoms with Gasteiger partial charge < -0.3 is 28.7 Å². The molecule has 0 unspecified atom stereocenters. The van der Waals surface area contributed by atoms with Crippen LogP contribution in [0.25, 0.3) is 28.1 Å². The molecule has 0 spiro atoms. The van der Waals surface area contributed by atoms with Crippen molar-refractivity contribution in [3.05, 3.63) is 77.5 Å². The lowest BCUT2D eigenvalue weighted by Gasteiger charge is -2.30. The molecular formula is C47H63N9O8. The van der Waals surface area contributed by atoms with Crippen molar-refractivity contribution in [3.63, 3.8) is 0 Å². The first-order valence-corrected chi connectivity index (χ1v) is 21.4. The first kappa shape index (κ1) is 48.5. The fraction of sp³-hybridized carbons (Fsp3) is 0.489. The molecule has 2 N–H and O–H groups in total. The summed E-state index contributed by atoms with van der Waals surface area (Å²) in [6.07, 6.45) is 4.22. The fourth-order valence-corrected chi connectivity index (χ4v) is 6.65. The molecule has 5 rings (SSSR count). The third-order valence-electron chi connectivity index (χ3n) is 9.29. The van der Waals surface area contributed by atoms with E-state index < -0.39 is 46.8 Å². The van der Waals surface area contributed by atoms with Gasteiger partial charge in [0.25, 0.3) is 0 Å². The number of aromatic nitrogens is 3. The molecule has 344 valence electrons. The molecule has 17 nitrogen and oxygen atoms in total. The summed E-state index contributed by atoms with van der Waals surface area (Å²) in [7, 11) is 0. The Labute approximate surface area is 376 Å². The highest BCUT2D eigenvalue weighted by Crippen LogP contribution is 2.29. The van der Waals surface area contributed by atoms with Crippen molar-refractivity contribution < 1.29 is 38.1 Å². The number of aliphatic imine (C=N–C) groups is 2. The van der Waals surface area contributed by atoms with Crippen molar-refractivity contribution in [2.45, 2.75) is 125 Å². The zero-order valence-corrected chi connectivity index (χ0v) is 39.4. The van der Waals surface area contributed by atoms with Crippen LogP contribution < -0.4 is 10.6 Å². The number of hydrogen-bond acceptors (Lipinski definition) is 10. The molecule has 3 aromatic rings. The molecule has 0 atom stereocenters. The van der Waals surface area contributed by atoms with E-state index in [4.69, 9.17) is 18.9 Å². The van der Waals surface area contributed by atoms with Crippen LogP contribution in [0.3, 0.4) is 0 Å². The van der Waals surface area contributed by atoms with Crippen molar-refractivity contribution >= 4 is 47.4 Å². The maximum atomic E-state index is 12.7. The summed E-state index contributed by atoms with van der Waals surface area (Å²) in [6.45, 7) is 24.9. The molecule has 2 aliphatic rings. The van der Waals surface area contributed by atoms with Gasteiger partial charge in [-0.05, 0) is 143 Å². The lowest BCUT2D eigenvalue weighted by Crippen LogP contribution is -2.48. The summed E-state index contributed by atoms with van der Waals surface area (Å²) in [6, 6.07) is 14.2. The molecule has 17 heteroatoms. The highest BCUT2D eigenvalue weighted by atomic mass is 16.6. The number of benzene rings is 2. The molecule has 2 aliphatic heterocycles. The van der Waals surface area contributed by atoms with E-state index in [2.05, 4.69) is 49.1 Å². The second-order valence-corrected chi connectivity index (χ2v) is 19.6. The molecule has 0 fully saturated rings. The highest BCUT2D eigenvalue weighted by Gasteiger charge is 2.27. The van der Waals surface area contributed by atoms with Crippen molar-refractivity contribution in [1.29, 1.82) is 0 Å². The molecule has 0 aliphatic carbocycles. The first-order chi connectivity index (χ1) is 29.7. The number of nitrogens with one attached hydrogen (secondary N) is 2. The number of hydrogen-bond donors (Lipinski definition) is 2. The minimum absolute atomic E-state index is 0.0633. The quantitative estimate of drug-likeness (QED) is 0.144. The van der Waals surface area contributed by atoms with Gasteiger partial charge in [-0.2, -0.15) is 0 Å². The van der Waals surface area contributed by atoms with Crippen molar-refractivity contribution in [2.24, 2.45) is 9.98 Å². The van der Waals surface area contributed by atoms with Crippen LogP contribution in [0.15, 0.2) is 70.8 Å². The Morgan fingerprint density at radius 2 is 1.06 bits per heavy atom. The van der Waals surface area contributed by atoms with Crippen LogP contribution in [0.5, 0.6) is 0 Å². The fourth-order valence-electron chi connectivity index (χ4n) is 6.65. The summed E-state index contributed by atoms with van der Waals surface area (Å²) in [5.74, 6) is 0.127. The summed E-state index contributed by atoms with van der Waals surface area (Å²) < 4.78 is 23.4. The number of carbonyl (C=O) groups is 4. The van der Waals surface area contributed by atoms with Gasteiger partial charge in [0.1, 0.15) is 28.1 Å². The number of rotatable bonds is 4. The molecule has 0 radical (unpaired) electrons. The smallest absolute Gasteiger partial charge is 0.437 e. The zero-order chi connectivity index (χ0) is 47.2. The second-order valence-electron chi connectivity index (χ2n) is 19.6. The normalized spacial score (nSPS) is 15.5. The number of aryl methyl sites for hydroxylation is 1. The van der Waals surface area contributed by atoms with Gasteiger partial charge >= 0.3 is 24.4 Å². The van der Waals surface area contributed by atoms with Gasteiger partial charge in [0.05, 0.1) is 11.9 Å². The van der Waals surface area contributed by atoms with E-state index >= 15 is 0 Å². The van der Waals surface area contributed by atoms with Gasteiger partial charge in [-0.15, -0.1) is 15.1 Å². The monoisotopic (exact) mass is 881 g/mol. The molecule has 4 amide bonds. The average molecular weight is 882 g/mol. The van der Waals surface area contributed by atoms with Gasteiger partial charge in [-0.3, -0.25) is 10.6 Å². The number of alkyl carbamates (subject to hydrolysis) is 2. The minimum Gasteiger partial charge on any atom is -0.444 e. The topological polar surface area (TPSA) is 191 Å². The number of nitrogens with zero attached hydrogens (tertiary/aromatic N) is 7. The second kappa shape index (κ2) is 19.5. The van der Waals surface area contributed by atoms with E-state index in [0.717, 1.165) is 39.1 Å². The SMILES string of the molecule is Cc1cc(-n2cc(-c3ccc(C4=CCN(/C(=N/C(=O)OC(C)(C)C)NC(=O)OC(C)(C)C)CC4)cc3)nn2)ccc1C1=CCN(/C(=N/C(=O)OC(C)(C)C)NC(=O)OC(C)(C)C)CC1. The van der Waals surface area contributed by atoms with E-state index in [1.807, 2.05) is 49.5 Å². The van der Waals surface area contributed by atoms with Gasteiger partial charge in [-0.25, -0.2) is 23.9 Å². The molecule has 0 bridgehead atoms.